The van der Waals surface area contributed by atoms with Crippen LogP contribution in [0.2, 0.25) is 5.02 Å². The normalized spacial score (nSPS) is 11.4. The fraction of sp³-hybridized carbons (Fsp3) is 0.0526. The molecule has 0 atom stereocenters. The Morgan fingerprint density at radius 2 is 1.97 bits per heavy atom. The van der Waals surface area contributed by atoms with Crippen molar-refractivity contribution in [3.63, 3.8) is 0 Å². The molecular weight excluding hydrogens is 462 g/mol. The third-order valence-corrected chi connectivity index (χ3v) is 6.56. The van der Waals surface area contributed by atoms with Crippen LogP contribution >= 0.6 is 22.9 Å². The van der Waals surface area contributed by atoms with Crippen molar-refractivity contribution in [1.82, 2.24) is 20.1 Å². The molecule has 2 heterocycles. The Balaban J connectivity index is 1.46. The van der Waals surface area contributed by atoms with Gasteiger partial charge in [-0.25, -0.2) is 22.9 Å². The topological polar surface area (TPSA) is 123 Å². The lowest BCUT2D eigenvalue weighted by Crippen LogP contribution is -2.34. The van der Waals surface area contributed by atoms with Gasteiger partial charge in [0.2, 0.25) is 0 Å². The second-order valence-electron chi connectivity index (χ2n) is 6.44. The number of nitrogens with zero attached hydrogens (tertiary/aromatic N) is 3. The monoisotopic (exact) mass is 475 g/mol. The van der Waals surface area contributed by atoms with E-state index in [0.29, 0.717) is 15.9 Å². The van der Waals surface area contributed by atoms with Crippen molar-refractivity contribution >= 4 is 60.1 Å². The molecule has 2 aromatic carbocycles. The van der Waals surface area contributed by atoms with Gasteiger partial charge >= 0.3 is 6.03 Å². The fourth-order valence-electron chi connectivity index (χ4n) is 2.74. The molecule has 0 spiro atoms. The smallest absolute Gasteiger partial charge is 0.283 e. The summed E-state index contributed by atoms with van der Waals surface area (Å²) in [6, 6.07) is 10.1. The first-order valence-electron chi connectivity index (χ1n) is 8.73. The number of thiazole rings is 1. The van der Waals surface area contributed by atoms with Gasteiger partial charge in [-0.3, -0.25) is 15.4 Å². The SMILES string of the molecule is CS(=O)(=O)c1ccc2nc(NC(=O)NC(=O)c3ccc(-n4cccn4)cc3Cl)sc2c1. The molecule has 0 saturated heterocycles. The van der Waals surface area contributed by atoms with Crippen LogP contribution in [0.4, 0.5) is 9.93 Å². The average Bonchev–Trinajstić information content (AvgIpc) is 3.35. The molecule has 0 fully saturated rings. The number of halogens is 1. The average molecular weight is 476 g/mol. The van der Waals surface area contributed by atoms with Gasteiger partial charge in [-0.15, -0.1) is 0 Å². The summed E-state index contributed by atoms with van der Waals surface area (Å²) in [5.74, 6) is -0.685. The number of hydrogen-bond acceptors (Lipinski definition) is 7. The predicted molar refractivity (Wildman–Crippen MR) is 118 cm³/mol. The van der Waals surface area contributed by atoms with Crippen LogP contribution < -0.4 is 10.6 Å². The highest BCUT2D eigenvalue weighted by Crippen LogP contribution is 2.28. The molecular formula is C19H14ClN5O4S2. The van der Waals surface area contributed by atoms with Crippen LogP contribution in [0.5, 0.6) is 0 Å². The van der Waals surface area contributed by atoms with E-state index < -0.39 is 21.8 Å². The molecule has 4 aromatic rings. The first-order chi connectivity index (χ1) is 14.7. The Labute approximate surface area is 185 Å². The van der Waals surface area contributed by atoms with E-state index in [1.807, 2.05) is 0 Å². The first-order valence-corrected chi connectivity index (χ1v) is 11.8. The number of nitrogens with one attached hydrogen (secondary N) is 2. The van der Waals surface area contributed by atoms with Gasteiger partial charge in [0.25, 0.3) is 5.91 Å². The lowest BCUT2D eigenvalue weighted by atomic mass is 10.2. The van der Waals surface area contributed by atoms with Gasteiger partial charge in [-0.1, -0.05) is 22.9 Å². The highest BCUT2D eigenvalue weighted by Gasteiger charge is 2.16. The van der Waals surface area contributed by atoms with Gasteiger partial charge in [-0.2, -0.15) is 5.10 Å². The second kappa shape index (κ2) is 8.10. The van der Waals surface area contributed by atoms with E-state index in [2.05, 4.69) is 20.7 Å². The maximum atomic E-state index is 12.4. The zero-order chi connectivity index (χ0) is 22.2. The Morgan fingerprint density at radius 1 is 1.16 bits per heavy atom. The third kappa shape index (κ3) is 4.58. The molecule has 0 aliphatic carbocycles. The van der Waals surface area contributed by atoms with E-state index in [1.165, 1.54) is 18.2 Å². The maximum absolute atomic E-state index is 12.4. The van der Waals surface area contributed by atoms with Gasteiger partial charge in [0.1, 0.15) is 0 Å². The van der Waals surface area contributed by atoms with Crippen molar-refractivity contribution in [2.75, 3.05) is 11.6 Å². The standard InChI is InChI=1S/C19H14ClN5O4S2/c1-31(28,29)12-4-6-15-16(10-12)30-19(22-15)24-18(27)23-17(26)13-5-3-11(9-14(13)20)25-8-2-7-21-25/h2-10H,1H3,(H2,22,23,24,26,27). The van der Waals surface area contributed by atoms with Gasteiger partial charge in [-0.05, 0) is 42.5 Å². The summed E-state index contributed by atoms with van der Waals surface area (Å²) < 4.78 is 25.5. The van der Waals surface area contributed by atoms with Gasteiger partial charge in [0.05, 0.1) is 31.4 Å². The van der Waals surface area contributed by atoms with Crippen molar-refractivity contribution in [3.8, 4) is 5.69 Å². The Morgan fingerprint density at radius 3 is 2.65 bits per heavy atom. The van der Waals surface area contributed by atoms with Gasteiger partial charge in [0.15, 0.2) is 15.0 Å². The summed E-state index contributed by atoms with van der Waals surface area (Å²) >= 11 is 7.28. The number of benzene rings is 2. The molecule has 158 valence electrons. The van der Waals surface area contributed by atoms with Crippen LogP contribution in [-0.4, -0.2) is 41.4 Å². The van der Waals surface area contributed by atoms with E-state index in [0.717, 1.165) is 17.6 Å². The molecule has 0 bridgehead atoms. The number of rotatable bonds is 4. The largest absolute Gasteiger partial charge is 0.327 e. The molecule has 3 amide bonds. The van der Waals surface area contributed by atoms with E-state index in [9.17, 15) is 18.0 Å². The molecule has 2 aromatic heterocycles. The van der Waals surface area contributed by atoms with Crippen LogP contribution in [-0.2, 0) is 9.84 Å². The minimum absolute atomic E-state index is 0.120. The molecule has 0 radical (unpaired) electrons. The maximum Gasteiger partial charge on any atom is 0.327 e. The quantitative estimate of drug-likeness (QED) is 0.465. The lowest BCUT2D eigenvalue weighted by Gasteiger charge is -2.08. The minimum atomic E-state index is -3.36. The van der Waals surface area contributed by atoms with Crippen molar-refractivity contribution in [2.24, 2.45) is 0 Å². The van der Waals surface area contributed by atoms with Gasteiger partial charge in [0, 0.05) is 18.6 Å². The third-order valence-electron chi connectivity index (χ3n) is 4.20. The number of urea groups is 1. The number of imide groups is 1. The number of carbonyl (C=O) groups is 2. The molecule has 0 unspecified atom stereocenters. The molecule has 31 heavy (non-hydrogen) atoms. The highest BCUT2D eigenvalue weighted by molar-refractivity contribution is 7.90. The summed E-state index contributed by atoms with van der Waals surface area (Å²) in [5, 5.41) is 9.13. The Bertz CT molecular complexity index is 1410. The molecule has 4 rings (SSSR count). The summed E-state index contributed by atoms with van der Waals surface area (Å²) in [6.07, 6.45) is 4.46. The molecule has 0 saturated carbocycles. The molecule has 0 aliphatic heterocycles. The van der Waals surface area contributed by atoms with Crippen LogP contribution in [0, 0.1) is 0 Å². The van der Waals surface area contributed by atoms with E-state index in [4.69, 9.17) is 11.6 Å². The van der Waals surface area contributed by atoms with Crippen LogP contribution in [0.1, 0.15) is 10.4 Å². The number of carbonyl (C=O) groups excluding carboxylic acids is 2. The van der Waals surface area contributed by atoms with Crippen LogP contribution in [0.25, 0.3) is 15.9 Å². The minimum Gasteiger partial charge on any atom is -0.283 e. The van der Waals surface area contributed by atoms with E-state index >= 15 is 0 Å². The molecule has 9 nitrogen and oxygen atoms in total. The number of fused-ring (bicyclic) bond motifs is 1. The van der Waals surface area contributed by atoms with Crippen LogP contribution in [0.15, 0.2) is 59.8 Å². The first kappa shape index (κ1) is 21.0. The number of aromatic nitrogens is 3. The Kier molecular flexibility index (Phi) is 5.48. The highest BCUT2D eigenvalue weighted by atomic mass is 35.5. The van der Waals surface area contributed by atoms with E-state index in [1.54, 1.807) is 41.3 Å². The Hall–Kier alpha value is -3.28. The summed E-state index contributed by atoms with van der Waals surface area (Å²) in [6.45, 7) is 0. The lowest BCUT2D eigenvalue weighted by molar-refractivity contribution is 0.0967. The second-order valence-corrected chi connectivity index (χ2v) is 9.90. The van der Waals surface area contributed by atoms with Crippen LogP contribution in [0.3, 0.4) is 0 Å². The summed E-state index contributed by atoms with van der Waals surface area (Å²) in [4.78, 5) is 29.0. The number of sulfone groups is 1. The van der Waals surface area contributed by atoms with Crippen molar-refractivity contribution in [2.45, 2.75) is 4.90 Å². The van der Waals surface area contributed by atoms with E-state index in [-0.39, 0.29) is 20.6 Å². The summed E-state index contributed by atoms with van der Waals surface area (Å²) in [5.41, 5.74) is 1.31. The predicted octanol–water partition coefficient (Wildman–Crippen LogP) is 3.50. The fourth-order valence-corrected chi connectivity index (χ4v) is 4.62. The number of amides is 3. The molecule has 2 N–H and O–H groups in total. The van der Waals surface area contributed by atoms with Gasteiger partial charge < -0.3 is 0 Å². The van der Waals surface area contributed by atoms with Crippen molar-refractivity contribution in [1.29, 1.82) is 0 Å². The molecule has 12 heteroatoms. The number of anilines is 1. The van der Waals surface area contributed by atoms with Crippen molar-refractivity contribution < 1.29 is 18.0 Å². The zero-order valence-electron chi connectivity index (χ0n) is 15.9. The number of hydrogen-bond donors (Lipinski definition) is 2. The summed E-state index contributed by atoms with van der Waals surface area (Å²) in [7, 11) is -3.36. The molecule has 0 aliphatic rings. The van der Waals surface area contributed by atoms with Crippen molar-refractivity contribution in [3.05, 3.63) is 65.4 Å². The zero-order valence-corrected chi connectivity index (χ0v) is 18.3.